The Morgan fingerprint density at radius 3 is 2.52 bits per heavy atom. The van der Waals surface area contributed by atoms with Crippen molar-refractivity contribution >= 4 is 34.6 Å². The topological polar surface area (TPSA) is 54.0 Å². The van der Waals surface area contributed by atoms with Crippen LogP contribution in [0.25, 0.3) is 0 Å². The third-order valence-corrected chi connectivity index (χ3v) is 3.66. The highest BCUT2D eigenvalue weighted by atomic mass is 35.5. The van der Waals surface area contributed by atoms with Gasteiger partial charge >= 0.3 is 0 Å². The molecule has 0 atom stereocenters. The molecule has 7 heteroatoms. The second-order valence-electron chi connectivity index (χ2n) is 5.15. The lowest BCUT2D eigenvalue weighted by molar-refractivity contribution is 0.102. The van der Waals surface area contributed by atoms with E-state index in [0.29, 0.717) is 22.1 Å². The molecule has 0 aliphatic rings. The van der Waals surface area contributed by atoms with Crippen LogP contribution < -0.4 is 10.6 Å². The SMILES string of the molecule is O=C(Nc1ccccc1Cl)c1cncc(Nc2ccc(F)c(F)c2)c1. The Labute approximate surface area is 147 Å². The molecule has 2 N–H and O–H groups in total. The van der Waals surface area contributed by atoms with E-state index in [1.54, 1.807) is 30.3 Å². The molecule has 1 amide bonds. The number of hydrogen-bond donors (Lipinski definition) is 2. The summed E-state index contributed by atoms with van der Waals surface area (Å²) in [5.41, 5.74) is 1.56. The Hall–Kier alpha value is -2.99. The van der Waals surface area contributed by atoms with Crippen LogP contribution in [0.4, 0.5) is 25.8 Å². The van der Waals surface area contributed by atoms with Gasteiger partial charge in [0.05, 0.1) is 28.2 Å². The third-order valence-electron chi connectivity index (χ3n) is 3.33. The van der Waals surface area contributed by atoms with Gasteiger partial charge in [-0.2, -0.15) is 0 Å². The lowest BCUT2D eigenvalue weighted by Gasteiger charge is -2.09. The van der Waals surface area contributed by atoms with E-state index in [2.05, 4.69) is 15.6 Å². The van der Waals surface area contributed by atoms with Crippen molar-refractivity contribution in [2.24, 2.45) is 0 Å². The molecule has 3 rings (SSSR count). The number of pyridine rings is 1. The molecule has 0 saturated carbocycles. The molecular weight excluding hydrogens is 348 g/mol. The minimum absolute atomic E-state index is 0.285. The largest absolute Gasteiger partial charge is 0.354 e. The van der Waals surface area contributed by atoms with Crippen LogP contribution in [0.5, 0.6) is 0 Å². The zero-order valence-corrected chi connectivity index (χ0v) is 13.5. The summed E-state index contributed by atoms with van der Waals surface area (Å²) < 4.78 is 26.2. The smallest absolute Gasteiger partial charge is 0.257 e. The summed E-state index contributed by atoms with van der Waals surface area (Å²) in [5.74, 6) is -2.29. The molecule has 0 aliphatic carbocycles. The Morgan fingerprint density at radius 1 is 0.960 bits per heavy atom. The predicted octanol–water partition coefficient (Wildman–Crippen LogP) is 5.01. The quantitative estimate of drug-likeness (QED) is 0.688. The molecule has 0 spiro atoms. The second kappa shape index (κ2) is 7.27. The molecule has 0 saturated heterocycles. The molecule has 0 aliphatic heterocycles. The molecule has 2 aromatic carbocycles. The summed E-state index contributed by atoms with van der Waals surface area (Å²) in [6, 6.07) is 11.8. The fourth-order valence-electron chi connectivity index (χ4n) is 2.13. The summed E-state index contributed by atoms with van der Waals surface area (Å²) in [5, 5.41) is 5.97. The number of carbonyl (C=O) groups is 1. The molecule has 0 bridgehead atoms. The summed E-state index contributed by atoms with van der Waals surface area (Å²) in [4.78, 5) is 16.3. The number of amides is 1. The molecule has 0 radical (unpaired) electrons. The van der Waals surface area contributed by atoms with Gasteiger partial charge in [-0.1, -0.05) is 23.7 Å². The van der Waals surface area contributed by atoms with Crippen LogP contribution in [0, 0.1) is 11.6 Å². The fourth-order valence-corrected chi connectivity index (χ4v) is 2.31. The van der Waals surface area contributed by atoms with E-state index in [1.807, 2.05) is 0 Å². The van der Waals surface area contributed by atoms with Gasteiger partial charge in [0.1, 0.15) is 0 Å². The van der Waals surface area contributed by atoms with Gasteiger partial charge in [0.25, 0.3) is 5.91 Å². The predicted molar refractivity (Wildman–Crippen MR) is 93.3 cm³/mol. The highest BCUT2D eigenvalue weighted by molar-refractivity contribution is 6.33. The number of para-hydroxylation sites is 1. The molecule has 4 nitrogen and oxygen atoms in total. The Morgan fingerprint density at radius 2 is 1.76 bits per heavy atom. The summed E-state index contributed by atoms with van der Waals surface area (Å²) in [6.07, 6.45) is 2.86. The molecule has 1 aromatic heterocycles. The normalized spacial score (nSPS) is 10.4. The lowest BCUT2D eigenvalue weighted by Crippen LogP contribution is -2.12. The fraction of sp³-hybridized carbons (Fsp3) is 0. The Balaban J connectivity index is 1.77. The highest BCUT2D eigenvalue weighted by Crippen LogP contribution is 2.22. The number of halogens is 3. The van der Waals surface area contributed by atoms with Gasteiger partial charge in [-0.25, -0.2) is 8.78 Å². The maximum absolute atomic E-state index is 13.3. The zero-order valence-electron chi connectivity index (χ0n) is 12.8. The number of nitrogens with zero attached hydrogens (tertiary/aromatic N) is 1. The molecular formula is C18H12ClF2N3O. The van der Waals surface area contributed by atoms with E-state index in [4.69, 9.17) is 11.6 Å². The first kappa shape index (κ1) is 16.9. The van der Waals surface area contributed by atoms with E-state index < -0.39 is 17.5 Å². The number of rotatable bonds is 4. The maximum atomic E-state index is 13.3. The summed E-state index contributed by atoms with van der Waals surface area (Å²) in [6.45, 7) is 0. The first-order chi connectivity index (χ1) is 12.0. The maximum Gasteiger partial charge on any atom is 0.257 e. The van der Waals surface area contributed by atoms with Crippen LogP contribution in [0.3, 0.4) is 0 Å². The summed E-state index contributed by atoms with van der Waals surface area (Å²) in [7, 11) is 0. The average molecular weight is 360 g/mol. The van der Waals surface area contributed by atoms with Crippen LogP contribution in [0.1, 0.15) is 10.4 Å². The van der Waals surface area contributed by atoms with Crippen molar-refractivity contribution in [1.82, 2.24) is 4.98 Å². The van der Waals surface area contributed by atoms with Crippen molar-refractivity contribution in [2.45, 2.75) is 0 Å². The number of anilines is 3. The molecule has 0 unspecified atom stereocenters. The van der Waals surface area contributed by atoms with E-state index in [-0.39, 0.29) is 5.56 Å². The van der Waals surface area contributed by atoms with Gasteiger partial charge in [0, 0.05) is 18.0 Å². The van der Waals surface area contributed by atoms with Crippen molar-refractivity contribution in [2.75, 3.05) is 10.6 Å². The van der Waals surface area contributed by atoms with E-state index in [9.17, 15) is 13.6 Å². The van der Waals surface area contributed by atoms with E-state index in [1.165, 1.54) is 18.5 Å². The number of hydrogen-bond acceptors (Lipinski definition) is 3. The van der Waals surface area contributed by atoms with Gasteiger partial charge in [0.15, 0.2) is 11.6 Å². The van der Waals surface area contributed by atoms with Gasteiger partial charge in [-0.3, -0.25) is 9.78 Å². The third kappa shape index (κ3) is 4.10. The summed E-state index contributed by atoms with van der Waals surface area (Å²) >= 11 is 6.01. The van der Waals surface area contributed by atoms with Gasteiger partial charge in [-0.05, 0) is 30.3 Å². The van der Waals surface area contributed by atoms with E-state index >= 15 is 0 Å². The minimum atomic E-state index is -0.967. The molecule has 126 valence electrons. The van der Waals surface area contributed by atoms with Crippen LogP contribution in [-0.2, 0) is 0 Å². The van der Waals surface area contributed by atoms with Crippen molar-refractivity contribution < 1.29 is 13.6 Å². The van der Waals surface area contributed by atoms with Crippen molar-refractivity contribution in [1.29, 1.82) is 0 Å². The van der Waals surface area contributed by atoms with E-state index in [0.717, 1.165) is 12.1 Å². The second-order valence-corrected chi connectivity index (χ2v) is 5.56. The Bertz CT molecular complexity index is 934. The number of nitrogens with one attached hydrogen (secondary N) is 2. The van der Waals surface area contributed by atoms with Crippen molar-refractivity contribution in [3.05, 3.63) is 83.1 Å². The van der Waals surface area contributed by atoms with Crippen molar-refractivity contribution in [3.8, 4) is 0 Å². The zero-order chi connectivity index (χ0) is 17.8. The standard InChI is InChI=1S/C18H12ClF2N3O/c19-14-3-1-2-4-17(14)24-18(25)11-7-13(10-22-9-11)23-12-5-6-15(20)16(21)8-12/h1-10,23H,(H,24,25). The van der Waals surface area contributed by atoms with Crippen LogP contribution >= 0.6 is 11.6 Å². The molecule has 25 heavy (non-hydrogen) atoms. The van der Waals surface area contributed by atoms with Crippen LogP contribution in [0.2, 0.25) is 5.02 Å². The first-order valence-electron chi connectivity index (χ1n) is 7.26. The first-order valence-corrected chi connectivity index (χ1v) is 7.64. The minimum Gasteiger partial charge on any atom is -0.354 e. The Kier molecular flexibility index (Phi) is 4.90. The van der Waals surface area contributed by atoms with Gasteiger partial charge in [0.2, 0.25) is 0 Å². The molecule has 1 heterocycles. The molecule has 0 fully saturated rings. The monoisotopic (exact) mass is 359 g/mol. The highest BCUT2D eigenvalue weighted by Gasteiger charge is 2.10. The lowest BCUT2D eigenvalue weighted by atomic mass is 10.2. The number of carbonyl (C=O) groups excluding carboxylic acids is 1. The van der Waals surface area contributed by atoms with Gasteiger partial charge in [-0.15, -0.1) is 0 Å². The van der Waals surface area contributed by atoms with Gasteiger partial charge < -0.3 is 10.6 Å². The van der Waals surface area contributed by atoms with Crippen LogP contribution in [0.15, 0.2) is 60.9 Å². The number of aromatic nitrogens is 1. The average Bonchev–Trinajstić information content (AvgIpc) is 2.60. The van der Waals surface area contributed by atoms with Crippen LogP contribution in [-0.4, -0.2) is 10.9 Å². The van der Waals surface area contributed by atoms with Crippen molar-refractivity contribution in [3.63, 3.8) is 0 Å². The molecule has 3 aromatic rings. The number of benzene rings is 2.